The first-order valence-corrected chi connectivity index (χ1v) is 6.29. The van der Waals surface area contributed by atoms with Crippen LogP contribution in [0.15, 0.2) is 18.2 Å². The maximum atomic E-state index is 13.3. The highest BCUT2D eigenvalue weighted by Gasteiger charge is 2.22. The summed E-state index contributed by atoms with van der Waals surface area (Å²) in [7, 11) is 0. The molecular weight excluding hydrogens is 251 g/mol. The summed E-state index contributed by atoms with van der Waals surface area (Å²) in [6, 6.07) is 6.28. The predicted molar refractivity (Wildman–Crippen MR) is 76.3 cm³/mol. The summed E-state index contributed by atoms with van der Waals surface area (Å²) in [5, 5.41) is 3.30. The van der Waals surface area contributed by atoms with Crippen LogP contribution in [0.25, 0.3) is 0 Å². The average Bonchev–Trinajstić information content (AvgIpc) is 2.30. The summed E-state index contributed by atoms with van der Waals surface area (Å²) in [6.45, 7) is 7.63. The van der Waals surface area contributed by atoms with Crippen LogP contribution >= 0.6 is 12.4 Å². The molecule has 0 amide bonds. The normalized spacial score (nSPS) is 18.2. The summed E-state index contributed by atoms with van der Waals surface area (Å²) < 4.78 is 13.3. The highest BCUT2D eigenvalue weighted by molar-refractivity contribution is 5.85. The Labute approximate surface area is 115 Å². The first-order chi connectivity index (χ1) is 8.20. The highest BCUT2D eigenvalue weighted by Crippen LogP contribution is 2.23. The van der Waals surface area contributed by atoms with E-state index >= 15 is 0 Å². The van der Waals surface area contributed by atoms with Gasteiger partial charge in [-0.2, -0.15) is 0 Å². The van der Waals surface area contributed by atoms with E-state index in [0.29, 0.717) is 0 Å². The van der Waals surface area contributed by atoms with Gasteiger partial charge >= 0.3 is 0 Å². The Bertz CT molecular complexity index is 358. The standard InChI is InChI=1S/C14H21FN2.ClH/c1-11-7-12(2)9-13(8-11)14(10-15)17-5-3-16-4-6-17;/h7-9,14,16H,3-6,10H2,1-2H3;1H/t14-;/m0./s1. The molecule has 2 rings (SSSR count). The van der Waals surface area contributed by atoms with E-state index in [9.17, 15) is 4.39 Å². The molecule has 0 spiro atoms. The quantitative estimate of drug-likeness (QED) is 0.910. The molecule has 1 aliphatic heterocycles. The third kappa shape index (κ3) is 3.67. The molecule has 102 valence electrons. The van der Waals surface area contributed by atoms with Gasteiger partial charge in [0.1, 0.15) is 6.67 Å². The second-order valence-corrected chi connectivity index (χ2v) is 4.88. The molecule has 18 heavy (non-hydrogen) atoms. The number of piperazine rings is 1. The fourth-order valence-corrected chi connectivity index (χ4v) is 2.59. The molecule has 1 aromatic rings. The Morgan fingerprint density at radius 3 is 2.22 bits per heavy atom. The summed E-state index contributed by atoms with van der Waals surface area (Å²) in [5.41, 5.74) is 3.55. The Kier molecular flexibility index (Phi) is 6.06. The molecule has 0 aliphatic carbocycles. The smallest absolute Gasteiger partial charge is 0.109 e. The molecule has 0 saturated carbocycles. The second kappa shape index (κ2) is 7.07. The van der Waals surface area contributed by atoms with Crippen molar-refractivity contribution >= 4 is 12.4 Å². The fourth-order valence-electron chi connectivity index (χ4n) is 2.59. The third-order valence-corrected chi connectivity index (χ3v) is 3.37. The van der Waals surface area contributed by atoms with Crippen molar-refractivity contribution in [3.63, 3.8) is 0 Å². The van der Waals surface area contributed by atoms with Crippen molar-refractivity contribution in [3.05, 3.63) is 34.9 Å². The lowest BCUT2D eigenvalue weighted by molar-refractivity contribution is 0.147. The first kappa shape index (κ1) is 15.4. The van der Waals surface area contributed by atoms with Crippen molar-refractivity contribution < 1.29 is 4.39 Å². The van der Waals surface area contributed by atoms with Crippen LogP contribution in [0.2, 0.25) is 0 Å². The van der Waals surface area contributed by atoms with Gasteiger partial charge in [-0.05, 0) is 19.4 Å². The zero-order valence-corrected chi connectivity index (χ0v) is 11.9. The number of nitrogens with one attached hydrogen (secondary N) is 1. The molecular formula is C14H22ClFN2. The lowest BCUT2D eigenvalue weighted by Gasteiger charge is -2.34. The van der Waals surface area contributed by atoms with Crippen LogP contribution in [0.1, 0.15) is 22.7 Å². The molecule has 1 aliphatic rings. The molecule has 1 aromatic carbocycles. The number of nitrogens with zero attached hydrogens (tertiary/aromatic N) is 1. The van der Waals surface area contributed by atoms with Crippen molar-refractivity contribution in [2.75, 3.05) is 32.9 Å². The van der Waals surface area contributed by atoms with Gasteiger partial charge in [0, 0.05) is 26.2 Å². The largest absolute Gasteiger partial charge is 0.314 e. The molecule has 2 nitrogen and oxygen atoms in total. The predicted octanol–water partition coefficient (Wildman–Crippen LogP) is 2.64. The Morgan fingerprint density at radius 2 is 1.72 bits per heavy atom. The molecule has 1 saturated heterocycles. The minimum absolute atomic E-state index is 0. The number of alkyl halides is 1. The van der Waals surface area contributed by atoms with Crippen molar-refractivity contribution in [3.8, 4) is 0 Å². The van der Waals surface area contributed by atoms with E-state index in [0.717, 1.165) is 31.7 Å². The molecule has 0 radical (unpaired) electrons. The Morgan fingerprint density at radius 1 is 1.17 bits per heavy atom. The van der Waals surface area contributed by atoms with Gasteiger partial charge in [0.2, 0.25) is 0 Å². The number of rotatable bonds is 3. The van der Waals surface area contributed by atoms with Gasteiger partial charge < -0.3 is 5.32 Å². The maximum Gasteiger partial charge on any atom is 0.109 e. The summed E-state index contributed by atoms with van der Waals surface area (Å²) in [5.74, 6) is 0. The number of benzene rings is 1. The van der Waals surface area contributed by atoms with Gasteiger partial charge in [-0.15, -0.1) is 12.4 Å². The van der Waals surface area contributed by atoms with Gasteiger partial charge in [0.25, 0.3) is 0 Å². The van der Waals surface area contributed by atoms with Gasteiger partial charge in [0.15, 0.2) is 0 Å². The van der Waals surface area contributed by atoms with Crippen LogP contribution in [0, 0.1) is 13.8 Å². The van der Waals surface area contributed by atoms with E-state index in [1.165, 1.54) is 11.1 Å². The van der Waals surface area contributed by atoms with Gasteiger partial charge in [-0.25, -0.2) is 4.39 Å². The Hall–Kier alpha value is -0.640. The van der Waals surface area contributed by atoms with Crippen LogP contribution in [-0.4, -0.2) is 37.8 Å². The summed E-state index contributed by atoms with van der Waals surface area (Å²) in [4.78, 5) is 2.24. The molecule has 1 heterocycles. The van der Waals surface area contributed by atoms with Crippen molar-refractivity contribution in [2.24, 2.45) is 0 Å². The van der Waals surface area contributed by atoms with Crippen molar-refractivity contribution in [2.45, 2.75) is 19.9 Å². The molecule has 0 aromatic heterocycles. The molecule has 1 fully saturated rings. The zero-order chi connectivity index (χ0) is 12.3. The number of aryl methyl sites for hydroxylation is 2. The topological polar surface area (TPSA) is 15.3 Å². The molecule has 0 bridgehead atoms. The zero-order valence-electron chi connectivity index (χ0n) is 11.1. The van der Waals surface area contributed by atoms with Crippen LogP contribution in [0.3, 0.4) is 0 Å². The van der Waals surface area contributed by atoms with Gasteiger partial charge in [-0.3, -0.25) is 4.90 Å². The van der Waals surface area contributed by atoms with E-state index in [1.54, 1.807) is 0 Å². The molecule has 1 atom stereocenters. The summed E-state index contributed by atoms with van der Waals surface area (Å²) >= 11 is 0. The minimum atomic E-state index is -0.303. The van der Waals surface area contributed by atoms with E-state index in [2.05, 4.69) is 42.3 Å². The first-order valence-electron chi connectivity index (χ1n) is 6.29. The third-order valence-electron chi connectivity index (χ3n) is 3.37. The van der Waals surface area contributed by atoms with Crippen LogP contribution in [-0.2, 0) is 0 Å². The Balaban J connectivity index is 0.00000162. The maximum absolute atomic E-state index is 13.3. The van der Waals surface area contributed by atoms with Crippen LogP contribution in [0.4, 0.5) is 4.39 Å². The van der Waals surface area contributed by atoms with E-state index < -0.39 is 0 Å². The number of hydrogen-bond acceptors (Lipinski definition) is 2. The lowest BCUT2D eigenvalue weighted by atomic mass is 10.0. The number of halogens is 2. The van der Waals surface area contributed by atoms with Gasteiger partial charge in [0.05, 0.1) is 6.04 Å². The van der Waals surface area contributed by atoms with Crippen molar-refractivity contribution in [1.82, 2.24) is 10.2 Å². The average molecular weight is 273 g/mol. The lowest BCUT2D eigenvalue weighted by Crippen LogP contribution is -2.45. The van der Waals surface area contributed by atoms with Crippen molar-refractivity contribution in [1.29, 1.82) is 0 Å². The van der Waals surface area contributed by atoms with E-state index in [-0.39, 0.29) is 25.1 Å². The fraction of sp³-hybridized carbons (Fsp3) is 0.571. The SMILES string of the molecule is Cc1cc(C)cc([C@H](CF)N2CCNCC2)c1.Cl. The molecule has 1 N–H and O–H groups in total. The monoisotopic (exact) mass is 272 g/mol. The van der Waals surface area contributed by atoms with Crippen LogP contribution in [0.5, 0.6) is 0 Å². The minimum Gasteiger partial charge on any atom is -0.314 e. The molecule has 0 unspecified atom stereocenters. The van der Waals surface area contributed by atoms with E-state index in [1.807, 2.05) is 0 Å². The number of hydrogen-bond donors (Lipinski definition) is 1. The highest BCUT2D eigenvalue weighted by atomic mass is 35.5. The molecule has 4 heteroatoms. The van der Waals surface area contributed by atoms with Crippen LogP contribution < -0.4 is 5.32 Å². The van der Waals surface area contributed by atoms with E-state index in [4.69, 9.17) is 0 Å². The van der Waals surface area contributed by atoms with Gasteiger partial charge in [-0.1, -0.05) is 29.3 Å². The summed E-state index contributed by atoms with van der Waals surface area (Å²) in [6.07, 6.45) is 0. The second-order valence-electron chi connectivity index (χ2n) is 4.88.